The largest absolute Gasteiger partial charge is 0.341 e. The molecule has 2 aromatic heterocycles. The summed E-state index contributed by atoms with van der Waals surface area (Å²) >= 11 is 1.68. The fourth-order valence-corrected chi connectivity index (χ4v) is 3.53. The Labute approximate surface area is 133 Å². The molecular weight excluding hydrogens is 286 g/mol. The van der Waals surface area contributed by atoms with Crippen molar-refractivity contribution in [2.75, 3.05) is 0 Å². The molecule has 22 heavy (non-hydrogen) atoms. The van der Waals surface area contributed by atoms with Crippen molar-refractivity contribution in [3.05, 3.63) is 70.4 Å². The van der Waals surface area contributed by atoms with Gasteiger partial charge in [-0.25, -0.2) is 0 Å². The first-order valence-corrected chi connectivity index (χ1v) is 8.31. The molecule has 4 aromatic rings. The van der Waals surface area contributed by atoms with E-state index < -0.39 is 0 Å². The summed E-state index contributed by atoms with van der Waals surface area (Å²) in [6.07, 6.45) is 0. The molecule has 0 radical (unpaired) electrons. The smallest absolute Gasteiger partial charge is 0.0772 e. The quantitative estimate of drug-likeness (QED) is 0.422. The summed E-state index contributed by atoms with van der Waals surface area (Å²) in [6, 6.07) is 19.2. The first kappa shape index (κ1) is 13.2. The van der Waals surface area contributed by atoms with Gasteiger partial charge >= 0.3 is 0 Å². The minimum Gasteiger partial charge on any atom is -0.341 e. The maximum atomic E-state index is 3.28. The summed E-state index contributed by atoms with van der Waals surface area (Å²) in [5.74, 6) is 6.52. The van der Waals surface area contributed by atoms with E-state index in [-0.39, 0.29) is 0 Å². The zero-order chi connectivity index (χ0) is 14.9. The third-order valence-corrected chi connectivity index (χ3v) is 4.73. The van der Waals surface area contributed by atoms with Crippen LogP contribution in [0.25, 0.3) is 21.8 Å². The van der Waals surface area contributed by atoms with E-state index in [9.17, 15) is 0 Å². The Balaban J connectivity index is 1.92. The van der Waals surface area contributed by atoms with E-state index in [4.69, 9.17) is 0 Å². The van der Waals surface area contributed by atoms with Gasteiger partial charge in [0.2, 0.25) is 0 Å². The van der Waals surface area contributed by atoms with Gasteiger partial charge in [0.1, 0.15) is 0 Å². The van der Waals surface area contributed by atoms with Crippen molar-refractivity contribution in [2.45, 2.75) is 13.5 Å². The number of para-hydroxylation sites is 1. The lowest BCUT2D eigenvalue weighted by molar-refractivity contribution is 0.827. The minimum absolute atomic E-state index is 0.976. The summed E-state index contributed by atoms with van der Waals surface area (Å²) in [5, 5.41) is 4.65. The summed E-state index contributed by atoms with van der Waals surface area (Å²) < 4.78 is 2.36. The highest BCUT2D eigenvalue weighted by Crippen LogP contribution is 2.29. The number of thiophene rings is 1. The molecule has 0 fully saturated rings. The fourth-order valence-electron chi connectivity index (χ4n) is 2.96. The van der Waals surface area contributed by atoms with Crippen LogP contribution in [0.4, 0.5) is 0 Å². The number of benzene rings is 2. The number of nitrogens with zero attached hydrogens (tertiary/aromatic N) is 1. The van der Waals surface area contributed by atoms with Crippen molar-refractivity contribution in [3.63, 3.8) is 0 Å². The van der Waals surface area contributed by atoms with Crippen molar-refractivity contribution in [3.8, 4) is 11.8 Å². The molecule has 0 saturated heterocycles. The molecule has 0 aliphatic rings. The molecular formula is C20H15NS. The third-order valence-electron chi connectivity index (χ3n) is 3.94. The van der Waals surface area contributed by atoms with Gasteiger partial charge in [-0.15, -0.1) is 11.3 Å². The van der Waals surface area contributed by atoms with E-state index in [0.29, 0.717) is 0 Å². The first-order chi connectivity index (χ1) is 10.9. The van der Waals surface area contributed by atoms with Crippen molar-refractivity contribution in [2.24, 2.45) is 0 Å². The van der Waals surface area contributed by atoms with Crippen LogP contribution in [0.5, 0.6) is 0 Å². The number of hydrogen-bond acceptors (Lipinski definition) is 1. The van der Waals surface area contributed by atoms with Crippen LogP contribution in [-0.4, -0.2) is 4.57 Å². The normalized spacial score (nSPS) is 10.8. The van der Waals surface area contributed by atoms with E-state index in [0.717, 1.165) is 17.0 Å². The molecule has 0 saturated carbocycles. The molecule has 0 aliphatic carbocycles. The van der Waals surface area contributed by atoms with Gasteiger partial charge in [-0.05, 0) is 42.6 Å². The predicted molar refractivity (Wildman–Crippen MR) is 95.4 cm³/mol. The van der Waals surface area contributed by atoms with Crippen LogP contribution in [0.3, 0.4) is 0 Å². The van der Waals surface area contributed by atoms with E-state index in [1.54, 1.807) is 11.3 Å². The molecule has 0 N–H and O–H groups in total. The maximum absolute atomic E-state index is 3.28. The van der Waals surface area contributed by atoms with E-state index in [1.165, 1.54) is 21.8 Å². The highest BCUT2D eigenvalue weighted by molar-refractivity contribution is 7.10. The van der Waals surface area contributed by atoms with E-state index in [1.807, 2.05) is 6.07 Å². The van der Waals surface area contributed by atoms with Gasteiger partial charge in [0.15, 0.2) is 0 Å². The lowest BCUT2D eigenvalue weighted by Crippen LogP contribution is -1.92. The van der Waals surface area contributed by atoms with Crippen molar-refractivity contribution in [1.29, 1.82) is 0 Å². The van der Waals surface area contributed by atoms with E-state index in [2.05, 4.69) is 77.2 Å². The Morgan fingerprint density at radius 3 is 2.59 bits per heavy atom. The summed E-state index contributed by atoms with van der Waals surface area (Å²) in [5.41, 5.74) is 3.65. The Kier molecular flexibility index (Phi) is 3.21. The maximum Gasteiger partial charge on any atom is 0.0772 e. The monoisotopic (exact) mass is 301 g/mol. The van der Waals surface area contributed by atoms with Crippen LogP contribution >= 0.6 is 11.3 Å². The molecule has 1 nitrogen and oxygen atoms in total. The Hall–Kier alpha value is -2.50. The lowest BCUT2D eigenvalue weighted by Gasteiger charge is -2.02. The van der Waals surface area contributed by atoms with Crippen LogP contribution < -0.4 is 0 Å². The van der Waals surface area contributed by atoms with Gasteiger partial charge in [0, 0.05) is 33.9 Å². The van der Waals surface area contributed by atoms with Crippen LogP contribution in [0.1, 0.15) is 17.4 Å². The molecule has 2 heterocycles. The second kappa shape index (κ2) is 5.36. The van der Waals surface area contributed by atoms with E-state index >= 15 is 0 Å². The van der Waals surface area contributed by atoms with Crippen LogP contribution in [0, 0.1) is 11.8 Å². The molecule has 106 valence electrons. The fraction of sp³-hybridized carbons (Fsp3) is 0.100. The summed E-state index contributed by atoms with van der Waals surface area (Å²) in [6.45, 7) is 3.17. The standard InChI is InChI=1S/C20H15NS/c1-2-21-19-8-4-3-7-17(19)18-14-15(10-12-20(18)21)9-11-16-6-5-13-22-16/h3-8,10,12-14H,2H2,1H3. The second-order valence-corrected chi connectivity index (χ2v) is 6.17. The van der Waals surface area contributed by atoms with Gasteiger partial charge in [0.25, 0.3) is 0 Å². The van der Waals surface area contributed by atoms with Gasteiger partial charge in [-0.3, -0.25) is 0 Å². The Bertz CT molecular complexity index is 1010. The van der Waals surface area contributed by atoms with Gasteiger partial charge in [-0.1, -0.05) is 36.1 Å². The number of aromatic nitrogens is 1. The second-order valence-electron chi connectivity index (χ2n) is 5.22. The van der Waals surface area contributed by atoms with Crippen molar-refractivity contribution in [1.82, 2.24) is 4.57 Å². The van der Waals surface area contributed by atoms with Gasteiger partial charge < -0.3 is 4.57 Å². The highest BCUT2D eigenvalue weighted by atomic mass is 32.1. The molecule has 4 rings (SSSR count). The van der Waals surface area contributed by atoms with Gasteiger partial charge in [0.05, 0.1) is 4.88 Å². The Morgan fingerprint density at radius 2 is 1.77 bits per heavy atom. The molecule has 0 unspecified atom stereocenters. The van der Waals surface area contributed by atoms with Gasteiger partial charge in [-0.2, -0.15) is 0 Å². The third kappa shape index (κ3) is 2.11. The molecule has 2 heteroatoms. The van der Waals surface area contributed by atoms with Crippen LogP contribution in [-0.2, 0) is 6.54 Å². The first-order valence-electron chi connectivity index (χ1n) is 7.43. The zero-order valence-corrected chi connectivity index (χ0v) is 13.2. The predicted octanol–water partition coefficient (Wildman–Crippen LogP) is 5.28. The number of hydrogen-bond donors (Lipinski definition) is 0. The summed E-state index contributed by atoms with van der Waals surface area (Å²) in [7, 11) is 0. The summed E-state index contributed by atoms with van der Waals surface area (Å²) in [4.78, 5) is 1.11. The molecule has 0 amide bonds. The molecule has 2 aromatic carbocycles. The lowest BCUT2D eigenvalue weighted by atomic mass is 10.1. The Morgan fingerprint density at radius 1 is 0.909 bits per heavy atom. The molecule has 0 bridgehead atoms. The molecule has 0 spiro atoms. The highest BCUT2D eigenvalue weighted by Gasteiger charge is 2.08. The van der Waals surface area contributed by atoms with Crippen LogP contribution in [0.2, 0.25) is 0 Å². The zero-order valence-electron chi connectivity index (χ0n) is 12.3. The van der Waals surface area contributed by atoms with Crippen molar-refractivity contribution >= 4 is 33.1 Å². The molecule has 0 aliphatic heterocycles. The number of rotatable bonds is 1. The average Bonchev–Trinajstić information content (AvgIpc) is 3.18. The SMILES string of the molecule is CCn1c2ccccc2c2cc(C#Cc3cccs3)ccc21. The topological polar surface area (TPSA) is 4.93 Å². The van der Waals surface area contributed by atoms with Crippen LogP contribution in [0.15, 0.2) is 60.0 Å². The number of fused-ring (bicyclic) bond motifs is 3. The minimum atomic E-state index is 0.976. The van der Waals surface area contributed by atoms with Crippen molar-refractivity contribution < 1.29 is 0 Å². The average molecular weight is 301 g/mol. The molecule has 0 atom stereocenters. The number of aryl methyl sites for hydroxylation is 1.